The van der Waals surface area contributed by atoms with Crippen LogP contribution in [0.25, 0.3) is 0 Å². The average molecular weight is 351 g/mol. The lowest BCUT2D eigenvalue weighted by Gasteiger charge is -2.12. The van der Waals surface area contributed by atoms with Crippen molar-refractivity contribution in [2.45, 2.75) is 19.4 Å². The van der Waals surface area contributed by atoms with E-state index in [0.717, 1.165) is 18.2 Å². The Morgan fingerprint density at radius 3 is 2.76 bits per heavy atom. The molecule has 0 aliphatic carbocycles. The molecule has 1 aromatic heterocycles. The zero-order chi connectivity index (χ0) is 17.9. The first-order valence-electron chi connectivity index (χ1n) is 8.17. The van der Waals surface area contributed by atoms with Gasteiger partial charge in [-0.25, -0.2) is 8.78 Å². The minimum atomic E-state index is -0.569. The normalized spacial score (nSPS) is 11.6. The standard InChI is InChI=1S/C18H23F2N3O2/c1-21-18(22-8-3-10-24-13-16-4-2-11-25-16)23-9-7-14-5-6-15(19)12-17(14)20/h2,4-6,11-12H,3,7-10,13H2,1H3,(H2,21,22,23). The summed E-state index contributed by atoms with van der Waals surface area (Å²) in [5.41, 5.74) is 0.468. The molecule has 136 valence electrons. The first-order valence-corrected chi connectivity index (χ1v) is 8.17. The molecular weight excluding hydrogens is 328 g/mol. The van der Waals surface area contributed by atoms with E-state index in [1.54, 1.807) is 13.3 Å². The third kappa shape index (κ3) is 6.93. The molecule has 25 heavy (non-hydrogen) atoms. The van der Waals surface area contributed by atoms with E-state index in [1.165, 1.54) is 12.1 Å². The summed E-state index contributed by atoms with van der Waals surface area (Å²) in [6.07, 6.45) is 2.88. The number of halogens is 2. The van der Waals surface area contributed by atoms with Crippen LogP contribution in [-0.4, -0.2) is 32.7 Å². The highest BCUT2D eigenvalue weighted by Gasteiger charge is 2.04. The molecule has 0 spiro atoms. The third-order valence-electron chi connectivity index (χ3n) is 3.51. The van der Waals surface area contributed by atoms with Crippen LogP contribution in [-0.2, 0) is 17.8 Å². The first-order chi connectivity index (χ1) is 12.2. The highest BCUT2D eigenvalue weighted by atomic mass is 19.1. The molecule has 0 amide bonds. The van der Waals surface area contributed by atoms with Crippen LogP contribution in [0.2, 0.25) is 0 Å². The van der Waals surface area contributed by atoms with Crippen molar-refractivity contribution < 1.29 is 17.9 Å². The Kier molecular flexibility index (Phi) is 7.91. The van der Waals surface area contributed by atoms with Crippen molar-refractivity contribution in [3.8, 4) is 0 Å². The lowest BCUT2D eigenvalue weighted by Crippen LogP contribution is -2.39. The maximum atomic E-state index is 13.5. The molecule has 0 aliphatic rings. The summed E-state index contributed by atoms with van der Waals surface area (Å²) in [6, 6.07) is 7.31. The van der Waals surface area contributed by atoms with Gasteiger partial charge in [0.1, 0.15) is 24.0 Å². The quantitative estimate of drug-likeness (QED) is 0.414. The van der Waals surface area contributed by atoms with E-state index in [0.29, 0.717) is 44.2 Å². The van der Waals surface area contributed by atoms with Crippen molar-refractivity contribution in [3.63, 3.8) is 0 Å². The smallest absolute Gasteiger partial charge is 0.190 e. The number of ether oxygens (including phenoxy) is 1. The molecule has 0 atom stereocenters. The van der Waals surface area contributed by atoms with E-state index >= 15 is 0 Å². The molecule has 5 nitrogen and oxygen atoms in total. The van der Waals surface area contributed by atoms with Gasteiger partial charge in [0.15, 0.2) is 5.96 Å². The Hall–Kier alpha value is -2.41. The van der Waals surface area contributed by atoms with E-state index in [1.807, 2.05) is 12.1 Å². The van der Waals surface area contributed by atoms with Crippen LogP contribution in [0, 0.1) is 11.6 Å². The zero-order valence-electron chi connectivity index (χ0n) is 14.2. The number of furan rings is 1. The van der Waals surface area contributed by atoms with Crippen molar-refractivity contribution in [2.75, 3.05) is 26.7 Å². The van der Waals surface area contributed by atoms with Gasteiger partial charge in [0.05, 0.1) is 6.26 Å². The largest absolute Gasteiger partial charge is 0.467 e. The fraction of sp³-hybridized carbons (Fsp3) is 0.389. The van der Waals surface area contributed by atoms with Crippen LogP contribution in [0.4, 0.5) is 8.78 Å². The second-order valence-corrected chi connectivity index (χ2v) is 5.40. The van der Waals surface area contributed by atoms with E-state index in [4.69, 9.17) is 9.15 Å². The molecular formula is C18H23F2N3O2. The Morgan fingerprint density at radius 2 is 2.04 bits per heavy atom. The van der Waals surface area contributed by atoms with Crippen molar-refractivity contribution in [2.24, 2.45) is 4.99 Å². The predicted molar refractivity (Wildman–Crippen MR) is 92.4 cm³/mol. The number of guanidine groups is 1. The molecule has 0 saturated carbocycles. The fourth-order valence-electron chi connectivity index (χ4n) is 2.21. The Morgan fingerprint density at radius 1 is 1.20 bits per heavy atom. The molecule has 0 aliphatic heterocycles. The van der Waals surface area contributed by atoms with Crippen LogP contribution in [0.15, 0.2) is 46.0 Å². The van der Waals surface area contributed by atoms with E-state index in [-0.39, 0.29) is 0 Å². The number of nitrogens with zero attached hydrogens (tertiary/aromatic N) is 1. The minimum absolute atomic E-state index is 0.444. The summed E-state index contributed by atoms with van der Waals surface area (Å²) in [7, 11) is 1.67. The van der Waals surface area contributed by atoms with Crippen LogP contribution >= 0.6 is 0 Å². The number of hydrogen-bond donors (Lipinski definition) is 2. The summed E-state index contributed by atoms with van der Waals surface area (Å²) >= 11 is 0. The Labute approximate surface area is 146 Å². The van der Waals surface area contributed by atoms with E-state index < -0.39 is 11.6 Å². The number of rotatable bonds is 9. The van der Waals surface area contributed by atoms with Gasteiger partial charge in [0.25, 0.3) is 0 Å². The van der Waals surface area contributed by atoms with Crippen LogP contribution in [0.3, 0.4) is 0 Å². The van der Waals surface area contributed by atoms with Crippen molar-refractivity contribution in [1.29, 1.82) is 0 Å². The van der Waals surface area contributed by atoms with E-state index in [9.17, 15) is 8.78 Å². The number of nitrogens with one attached hydrogen (secondary N) is 2. The maximum absolute atomic E-state index is 13.5. The molecule has 2 rings (SSSR count). The second kappa shape index (κ2) is 10.5. The Balaban J connectivity index is 1.57. The molecule has 0 fully saturated rings. The number of aliphatic imine (C=N–C) groups is 1. The van der Waals surface area contributed by atoms with Gasteiger partial charge in [-0.1, -0.05) is 6.07 Å². The van der Waals surface area contributed by atoms with Gasteiger partial charge in [-0.15, -0.1) is 0 Å². The number of benzene rings is 1. The summed E-state index contributed by atoms with van der Waals surface area (Å²) in [5.74, 6) is 0.339. The second-order valence-electron chi connectivity index (χ2n) is 5.40. The maximum Gasteiger partial charge on any atom is 0.190 e. The highest BCUT2D eigenvalue weighted by Crippen LogP contribution is 2.09. The van der Waals surface area contributed by atoms with Gasteiger partial charge < -0.3 is 19.8 Å². The van der Waals surface area contributed by atoms with Gasteiger partial charge in [-0.3, -0.25) is 4.99 Å². The molecule has 0 saturated heterocycles. The van der Waals surface area contributed by atoms with Gasteiger partial charge in [0, 0.05) is 32.8 Å². The average Bonchev–Trinajstić information content (AvgIpc) is 3.11. The molecule has 0 radical (unpaired) electrons. The Bertz CT molecular complexity index is 660. The number of hydrogen-bond acceptors (Lipinski definition) is 3. The molecule has 0 bridgehead atoms. The fourth-order valence-corrected chi connectivity index (χ4v) is 2.21. The monoisotopic (exact) mass is 351 g/mol. The van der Waals surface area contributed by atoms with Gasteiger partial charge in [-0.2, -0.15) is 0 Å². The molecule has 1 aromatic carbocycles. The van der Waals surface area contributed by atoms with Gasteiger partial charge >= 0.3 is 0 Å². The topological polar surface area (TPSA) is 58.8 Å². The first kappa shape index (κ1) is 18.9. The van der Waals surface area contributed by atoms with Gasteiger partial charge in [0.2, 0.25) is 0 Å². The molecule has 2 aromatic rings. The summed E-state index contributed by atoms with van der Waals surface area (Å²) in [6.45, 7) is 2.26. The van der Waals surface area contributed by atoms with Crippen molar-refractivity contribution in [1.82, 2.24) is 10.6 Å². The lowest BCUT2D eigenvalue weighted by atomic mass is 10.1. The van der Waals surface area contributed by atoms with Crippen molar-refractivity contribution >= 4 is 5.96 Å². The minimum Gasteiger partial charge on any atom is -0.467 e. The van der Waals surface area contributed by atoms with Gasteiger partial charge in [-0.05, 0) is 36.6 Å². The molecule has 2 N–H and O–H groups in total. The molecule has 0 unspecified atom stereocenters. The summed E-state index contributed by atoms with van der Waals surface area (Å²) in [5, 5.41) is 6.25. The van der Waals surface area contributed by atoms with Crippen LogP contribution in [0.5, 0.6) is 0 Å². The third-order valence-corrected chi connectivity index (χ3v) is 3.51. The lowest BCUT2D eigenvalue weighted by molar-refractivity contribution is 0.105. The van der Waals surface area contributed by atoms with Crippen molar-refractivity contribution in [3.05, 3.63) is 59.6 Å². The summed E-state index contributed by atoms with van der Waals surface area (Å²) < 4.78 is 37.1. The molecule has 1 heterocycles. The van der Waals surface area contributed by atoms with Crippen LogP contribution < -0.4 is 10.6 Å². The summed E-state index contributed by atoms with van der Waals surface area (Å²) in [4.78, 5) is 4.10. The van der Waals surface area contributed by atoms with Crippen LogP contribution in [0.1, 0.15) is 17.7 Å². The van der Waals surface area contributed by atoms with E-state index in [2.05, 4.69) is 15.6 Å². The molecule has 7 heteroatoms. The SMILES string of the molecule is CN=C(NCCCOCc1ccco1)NCCc1ccc(F)cc1F. The highest BCUT2D eigenvalue weighted by molar-refractivity contribution is 5.79. The predicted octanol–water partition coefficient (Wildman–Crippen LogP) is 2.87. The zero-order valence-corrected chi connectivity index (χ0v) is 14.2.